The van der Waals surface area contributed by atoms with Gasteiger partial charge in [-0.2, -0.15) is 13.2 Å². The number of carbonyl (C=O) groups is 3. The third-order valence-corrected chi connectivity index (χ3v) is 6.58. The van der Waals surface area contributed by atoms with Gasteiger partial charge in [0.25, 0.3) is 0 Å². The number of alkyl carbamates (subject to hydrolysis) is 1. The molecule has 0 saturated heterocycles. The van der Waals surface area contributed by atoms with Gasteiger partial charge < -0.3 is 20.5 Å². The molecule has 0 spiro atoms. The van der Waals surface area contributed by atoms with Gasteiger partial charge in [-0.25, -0.2) is 4.79 Å². The van der Waals surface area contributed by atoms with Crippen molar-refractivity contribution in [1.82, 2.24) is 10.6 Å². The van der Waals surface area contributed by atoms with Crippen LogP contribution in [0.5, 0.6) is 0 Å². The van der Waals surface area contributed by atoms with Crippen LogP contribution in [0.2, 0.25) is 0 Å². The number of hydrogen-bond donors (Lipinski definition) is 3. The van der Waals surface area contributed by atoms with Gasteiger partial charge >= 0.3 is 18.2 Å². The molecule has 1 atom stereocenters. The first kappa shape index (κ1) is 24.6. The van der Waals surface area contributed by atoms with E-state index in [9.17, 15) is 27.6 Å². The first-order valence-electron chi connectivity index (χ1n) is 11.3. The normalized spacial score (nSPS) is 16.9. The molecule has 1 saturated carbocycles. The van der Waals surface area contributed by atoms with Crippen LogP contribution >= 0.6 is 0 Å². The smallest absolute Gasteiger partial charge is 0.407 e. The maximum Gasteiger partial charge on any atom is 0.407 e. The fourth-order valence-electron chi connectivity index (χ4n) is 4.81. The molecule has 2 aliphatic carbocycles. The van der Waals surface area contributed by atoms with Crippen molar-refractivity contribution >= 4 is 18.0 Å². The number of carbonyl (C=O) groups excluding carboxylic acids is 2. The molecule has 35 heavy (non-hydrogen) atoms. The number of benzene rings is 2. The molecule has 2 aromatic rings. The maximum absolute atomic E-state index is 13.2. The molecular weight excluding hydrogens is 465 g/mol. The van der Waals surface area contributed by atoms with Crippen LogP contribution < -0.4 is 10.6 Å². The van der Waals surface area contributed by atoms with E-state index in [4.69, 9.17) is 9.84 Å². The molecule has 7 nitrogen and oxygen atoms in total. The molecule has 0 bridgehead atoms. The Morgan fingerprint density at radius 3 is 2.09 bits per heavy atom. The van der Waals surface area contributed by atoms with Gasteiger partial charge in [0.15, 0.2) is 0 Å². The van der Waals surface area contributed by atoms with Crippen LogP contribution in [0.15, 0.2) is 48.5 Å². The van der Waals surface area contributed by atoms with Crippen LogP contribution in [0.4, 0.5) is 18.0 Å². The van der Waals surface area contributed by atoms with E-state index in [1.54, 1.807) is 0 Å². The molecule has 4 rings (SSSR count). The number of rotatable bonds is 8. The van der Waals surface area contributed by atoms with Gasteiger partial charge in [0, 0.05) is 5.92 Å². The van der Waals surface area contributed by atoms with E-state index in [0.717, 1.165) is 22.3 Å². The van der Waals surface area contributed by atoms with E-state index in [0.29, 0.717) is 19.3 Å². The second-order valence-electron chi connectivity index (χ2n) is 9.04. The zero-order valence-electron chi connectivity index (χ0n) is 18.7. The quantitative estimate of drug-likeness (QED) is 0.510. The molecule has 2 aromatic carbocycles. The van der Waals surface area contributed by atoms with E-state index < -0.39 is 48.6 Å². The topological polar surface area (TPSA) is 105 Å². The monoisotopic (exact) mass is 490 g/mol. The lowest BCUT2D eigenvalue weighted by molar-refractivity contribution is -0.151. The van der Waals surface area contributed by atoms with E-state index in [1.165, 1.54) is 0 Å². The highest BCUT2D eigenvalue weighted by Crippen LogP contribution is 2.44. The van der Waals surface area contributed by atoms with Crippen LogP contribution in [0.25, 0.3) is 11.1 Å². The van der Waals surface area contributed by atoms with Crippen molar-refractivity contribution in [2.24, 2.45) is 0 Å². The molecule has 2 amide bonds. The van der Waals surface area contributed by atoms with Gasteiger partial charge in [-0.1, -0.05) is 48.5 Å². The molecule has 0 aliphatic heterocycles. The number of carboxylic acid groups (broad SMARTS) is 1. The number of amides is 2. The Morgan fingerprint density at radius 1 is 1.03 bits per heavy atom. The summed E-state index contributed by atoms with van der Waals surface area (Å²) in [5.41, 5.74) is 2.76. The summed E-state index contributed by atoms with van der Waals surface area (Å²) in [6, 6.07) is 13.3. The third kappa shape index (κ3) is 5.58. The summed E-state index contributed by atoms with van der Waals surface area (Å²) < 4.78 is 44.7. The molecule has 10 heteroatoms. The molecule has 0 heterocycles. The lowest BCUT2D eigenvalue weighted by atomic mass is 9.74. The number of hydrogen-bond acceptors (Lipinski definition) is 4. The van der Waals surface area contributed by atoms with Crippen LogP contribution in [0.3, 0.4) is 0 Å². The zero-order chi connectivity index (χ0) is 25.2. The lowest BCUT2D eigenvalue weighted by Gasteiger charge is -2.42. The standard InChI is InChI=1S/C25H25F3N2O5/c26-25(27,28)12-20(22(33)30-24(10-5-11-24)13-21(31)32)29-23(34)35-14-19-17-8-3-1-6-15(17)16-7-2-4-9-18(16)19/h1-4,6-9,19-20H,5,10-14H2,(H,29,34)(H,30,33)(H,31,32). The summed E-state index contributed by atoms with van der Waals surface area (Å²) in [4.78, 5) is 36.3. The summed E-state index contributed by atoms with van der Waals surface area (Å²) >= 11 is 0. The number of halogens is 3. The fraction of sp³-hybridized carbons (Fsp3) is 0.400. The summed E-state index contributed by atoms with van der Waals surface area (Å²) in [5, 5.41) is 13.5. The van der Waals surface area contributed by atoms with Crippen molar-refractivity contribution in [2.75, 3.05) is 6.61 Å². The Balaban J connectivity index is 1.43. The van der Waals surface area contributed by atoms with Gasteiger partial charge in [0.05, 0.1) is 18.4 Å². The zero-order valence-corrected chi connectivity index (χ0v) is 18.7. The number of ether oxygens (including phenoxy) is 1. The van der Waals surface area contributed by atoms with Crippen LogP contribution in [-0.2, 0) is 14.3 Å². The van der Waals surface area contributed by atoms with E-state index in [-0.39, 0.29) is 12.5 Å². The van der Waals surface area contributed by atoms with E-state index >= 15 is 0 Å². The van der Waals surface area contributed by atoms with E-state index in [1.807, 2.05) is 53.8 Å². The molecular formula is C25H25F3N2O5. The molecule has 1 fully saturated rings. The fourth-order valence-corrected chi connectivity index (χ4v) is 4.81. The summed E-state index contributed by atoms with van der Waals surface area (Å²) in [6.07, 6.45) is -6.56. The Labute approximate surface area is 199 Å². The lowest BCUT2D eigenvalue weighted by Crippen LogP contribution is -2.60. The van der Waals surface area contributed by atoms with Crippen LogP contribution in [0.1, 0.15) is 49.1 Å². The van der Waals surface area contributed by atoms with Gasteiger partial charge in [0.1, 0.15) is 12.6 Å². The van der Waals surface area contributed by atoms with Gasteiger partial charge in [-0.15, -0.1) is 0 Å². The predicted octanol–water partition coefficient (Wildman–Crippen LogP) is 4.36. The predicted molar refractivity (Wildman–Crippen MR) is 120 cm³/mol. The third-order valence-electron chi connectivity index (χ3n) is 6.58. The summed E-state index contributed by atoms with van der Waals surface area (Å²) in [6.45, 7) is -0.122. The highest BCUT2D eigenvalue weighted by molar-refractivity contribution is 5.87. The maximum atomic E-state index is 13.2. The molecule has 1 unspecified atom stereocenters. The molecule has 2 aliphatic rings. The van der Waals surface area contributed by atoms with Crippen molar-refractivity contribution in [2.45, 2.75) is 55.8 Å². The number of fused-ring (bicyclic) bond motifs is 3. The Hall–Kier alpha value is -3.56. The minimum absolute atomic E-state index is 0.122. The molecule has 0 radical (unpaired) electrons. The highest BCUT2D eigenvalue weighted by Gasteiger charge is 2.44. The molecule has 0 aromatic heterocycles. The Bertz CT molecular complexity index is 1080. The number of aliphatic carboxylic acids is 1. The molecule has 186 valence electrons. The highest BCUT2D eigenvalue weighted by atomic mass is 19.4. The van der Waals surface area contributed by atoms with E-state index in [2.05, 4.69) is 5.32 Å². The van der Waals surface area contributed by atoms with Crippen molar-refractivity contribution in [3.63, 3.8) is 0 Å². The number of carboxylic acids is 1. The SMILES string of the molecule is O=C(O)CC1(NC(=O)C(CC(F)(F)F)NC(=O)OCC2c3ccccc3-c3ccccc32)CCC1. The first-order valence-corrected chi connectivity index (χ1v) is 11.3. The average molecular weight is 490 g/mol. The Morgan fingerprint density at radius 2 is 1.60 bits per heavy atom. The van der Waals surface area contributed by atoms with Crippen molar-refractivity contribution in [3.05, 3.63) is 59.7 Å². The van der Waals surface area contributed by atoms with Crippen molar-refractivity contribution in [3.8, 4) is 11.1 Å². The summed E-state index contributed by atoms with van der Waals surface area (Å²) in [5.74, 6) is -2.55. The van der Waals surface area contributed by atoms with Crippen LogP contribution in [0, 0.1) is 0 Å². The largest absolute Gasteiger partial charge is 0.481 e. The number of alkyl halides is 3. The molecule has 3 N–H and O–H groups in total. The van der Waals surface area contributed by atoms with Crippen molar-refractivity contribution < 1.29 is 37.4 Å². The average Bonchev–Trinajstić information content (AvgIpc) is 3.08. The van der Waals surface area contributed by atoms with Gasteiger partial charge in [0.2, 0.25) is 5.91 Å². The second kappa shape index (κ2) is 9.59. The first-order chi connectivity index (χ1) is 16.6. The van der Waals surface area contributed by atoms with Gasteiger partial charge in [-0.05, 0) is 41.5 Å². The minimum Gasteiger partial charge on any atom is -0.481 e. The Kier molecular flexibility index (Phi) is 6.73. The minimum atomic E-state index is -4.74. The van der Waals surface area contributed by atoms with Crippen molar-refractivity contribution in [1.29, 1.82) is 0 Å². The van der Waals surface area contributed by atoms with Gasteiger partial charge in [-0.3, -0.25) is 9.59 Å². The second-order valence-corrected chi connectivity index (χ2v) is 9.04. The number of nitrogens with one attached hydrogen (secondary N) is 2. The van der Waals surface area contributed by atoms with Crippen LogP contribution in [-0.4, -0.2) is 47.4 Å². The summed E-state index contributed by atoms with van der Waals surface area (Å²) in [7, 11) is 0.